The van der Waals surface area contributed by atoms with Gasteiger partial charge in [-0.25, -0.2) is 4.98 Å². The van der Waals surface area contributed by atoms with Gasteiger partial charge in [-0.05, 0) is 12.3 Å². The number of aliphatic hydroxyl groups is 1. The Labute approximate surface area is 95.6 Å². The van der Waals surface area contributed by atoms with E-state index < -0.39 is 0 Å². The van der Waals surface area contributed by atoms with Gasteiger partial charge in [0.2, 0.25) is 0 Å². The van der Waals surface area contributed by atoms with Crippen molar-refractivity contribution in [1.82, 2.24) is 10.3 Å². The molecule has 2 N–H and O–H groups in total. The first kappa shape index (κ1) is 12.6. The Morgan fingerprint density at radius 1 is 1.53 bits per heavy atom. The zero-order valence-corrected chi connectivity index (χ0v) is 10.5. The van der Waals surface area contributed by atoms with E-state index in [1.54, 1.807) is 11.3 Å². The predicted octanol–water partition coefficient (Wildman–Crippen LogP) is 1.81. The summed E-state index contributed by atoms with van der Waals surface area (Å²) in [5, 5.41) is 15.7. The van der Waals surface area contributed by atoms with Gasteiger partial charge in [0.25, 0.3) is 0 Å². The zero-order chi connectivity index (χ0) is 11.3. The van der Waals surface area contributed by atoms with Crippen LogP contribution in [-0.4, -0.2) is 22.7 Å². The SMILES string of the molecule is CCc1nc(CN[C@H](CO)C(C)C)cs1. The highest BCUT2D eigenvalue weighted by atomic mass is 32.1. The number of thiazole rings is 1. The zero-order valence-electron chi connectivity index (χ0n) is 9.66. The van der Waals surface area contributed by atoms with E-state index in [9.17, 15) is 0 Å². The van der Waals surface area contributed by atoms with E-state index >= 15 is 0 Å². The first-order valence-corrected chi connectivity index (χ1v) is 6.32. The lowest BCUT2D eigenvalue weighted by Gasteiger charge is -2.19. The molecule has 1 heterocycles. The first-order chi connectivity index (χ1) is 7.17. The quantitative estimate of drug-likeness (QED) is 0.780. The number of rotatable bonds is 6. The van der Waals surface area contributed by atoms with Crippen LogP contribution in [0.5, 0.6) is 0 Å². The van der Waals surface area contributed by atoms with E-state index in [0.717, 1.165) is 18.7 Å². The molecule has 0 aliphatic rings. The molecule has 0 radical (unpaired) electrons. The van der Waals surface area contributed by atoms with E-state index in [-0.39, 0.29) is 12.6 Å². The maximum Gasteiger partial charge on any atom is 0.0926 e. The summed E-state index contributed by atoms with van der Waals surface area (Å²) in [6.45, 7) is 7.25. The predicted molar refractivity (Wildman–Crippen MR) is 64.0 cm³/mol. The fourth-order valence-corrected chi connectivity index (χ4v) is 2.08. The van der Waals surface area contributed by atoms with Crippen molar-refractivity contribution < 1.29 is 5.11 Å². The monoisotopic (exact) mass is 228 g/mol. The first-order valence-electron chi connectivity index (χ1n) is 5.44. The molecule has 1 atom stereocenters. The van der Waals surface area contributed by atoms with Crippen LogP contribution in [0.4, 0.5) is 0 Å². The van der Waals surface area contributed by atoms with Crippen LogP contribution in [0.15, 0.2) is 5.38 Å². The molecule has 86 valence electrons. The lowest BCUT2D eigenvalue weighted by atomic mass is 10.1. The topological polar surface area (TPSA) is 45.2 Å². The van der Waals surface area contributed by atoms with Crippen molar-refractivity contribution in [3.05, 3.63) is 16.1 Å². The van der Waals surface area contributed by atoms with Crippen molar-refractivity contribution in [3.63, 3.8) is 0 Å². The van der Waals surface area contributed by atoms with E-state index in [4.69, 9.17) is 5.11 Å². The summed E-state index contributed by atoms with van der Waals surface area (Å²) in [6, 6.07) is 0.164. The van der Waals surface area contributed by atoms with E-state index in [1.165, 1.54) is 5.01 Å². The number of nitrogens with zero attached hydrogens (tertiary/aromatic N) is 1. The lowest BCUT2D eigenvalue weighted by molar-refractivity contribution is 0.210. The summed E-state index contributed by atoms with van der Waals surface area (Å²) in [5.41, 5.74) is 1.08. The average molecular weight is 228 g/mol. The Bertz CT molecular complexity index is 286. The molecule has 0 saturated carbocycles. The summed E-state index contributed by atoms with van der Waals surface area (Å²) in [5.74, 6) is 0.444. The van der Waals surface area contributed by atoms with Gasteiger partial charge in [-0.1, -0.05) is 20.8 Å². The number of aryl methyl sites for hydroxylation is 1. The average Bonchev–Trinajstić information content (AvgIpc) is 2.66. The molecule has 0 aliphatic heterocycles. The van der Waals surface area contributed by atoms with Gasteiger partial charge in [0.1, 0.15) is 0 Å². The largest absolute Gasteiger partial charge is 0.395 e. The maximum absolute atomic E-state index is 9.15. The number of hydrogen-bond donors (Lipinski definition) is 2. The summed E-state index contributed by atoms with van der Waals surface area (Å²) in [4.78, 5) is 4.47. The second kappa shape index (κ2) is 6.20. The maximum atomic E-state index is 9.15. The van der Waals surface area contributed by atoms with Gasteiger partial charge in [-0.3, -0.25) is 0 Å². The van der Waals surface area contributed by atoms with E-state index in [1.807, 2.05) is 0 Å². The third kappa shape index (κ3) is 3.89. The minimum Gasteiger partial charge on any atom is -0.395 e. The summed E-state index contributed by atoms with van der Waals surface area (Å²) < 4.78 is 0. The number of hydrogen-bond acceptors (Lipinski definition) is 4. The van der Waals surface area contributed by atoms with Crippen molar-refractivity contribution >= 4 is 11.3 Å². The molecule has 0 amide bonds. The molecule has 15 heavy (non-hydrogen) atoms. The fraction of sp³-hybridized carbons (Fsp3) is 0.727. The smallest absolute Gasteiger partial charge is 0.0926 e. The number of nitrogens with one attached hydrogen (secondary N) is 1. The van der Waals surface area contributed by atoms with Gasteiger partial charge in [0, 0.05) is 18.0 Å². The molecule has 0 aliphatic carbocycles. The van der Waals surface area contributed by atoms with Crippen LogP contribution >= 0.6 is 11.3 Å². The summed E-state index contributed by atoms with van der Waals surface area (Å²) in [7, 11) is 0. The molecule has 0 fully saturated rings. The minimum absolute atomic E-state index is 0.164. The molecule has 4 heteroatoms. The van der Waals surface area contributed by atoms with Gasteiger partial charge in [0.15, 0.2) is 0 Å². The molecule has 0 unspecified atom stereocenters. The highest BCUT2D eigenvalue weighted by Gasteiger charge is 2.11. The molecular formula is C11H20N2OS. The minimum atomic E-state index is 0.164. The molecule has 0 spiro atoms. The highest BCUT2D eigenvalue weighted by Crippen LogP contribution is 2.10. The Morgan fingerprint density at radius 2 is 2.27 bits per heavy atom. The third-order valence-corrected chi connectivity index (χ3v) is 3.49. The van der Waals surface area contributed by atoms with E-state index in [2.05, 4.69) is 36.5 Å². The standard InChI is InChI=1S/C11H20N2OS/c1-4-11-13-9(7-15-11)5-12-10(6-14)8(2)3/h7-8,10,12,14H,4-6H2,1-3H3/t10-/m1/s1. The Balaban J connectivity index is 2.41. The molecular weight excluding hydrogens is 208 g/mol. The van der Waals surface area contributed by atoms with Crippen LogP contribution in [0.1, 0.15) is 31.5 Å². The van der Waals surface area contributed by atoms with Crippen LogP contribution in [0.3, 0.4) is 0 Å². The molecule has 3 nitrogen and oxygen atoms in total. The number of aromatic nitrogens is 1. The van der Waals surface area contributed by atoms with E-state index in [0.29, 0.717) is 5.92 Å². The number of aliphatic hydroxyl groups excluding tert-OH is 1. The van der Waals surface area contributed by atoms with Crippen molar-refractivity contribution in [3.8, 4) is 0 Å². The van der Waals surface area contributed by atoms with Crippen molar-refractivity contribution in [2.24, 2.45) is 5.92 Å². The highest BCUT2D eigenvalue weighted by molar-refractivity contribution is 7.09. The molecule has 1 rings (SSSR count). The summed E-state index contributed by atoms with van der Waals surface area (Å²) >= 11 is 1.70. The third-order valence-electron chi connectivity index (χ3n) is 2.45. The van der Waals surface area contributed by atoms with Gasteiger partial charge in [-0.15, -0.1) is 11.3 Å². The van der Waals surface area contributed by atoms with Gasteiger partial charge in [-0.2, -0.15) is 0 Å². The van der Waals surface area contributed by atoms with Crippen LogP contribution in [-0.2, 0) is 13.0 Å². The molecule has 1 aromatic heterocycles. The van der Waals surface area contributed by atoms with Crippen molar-refractivity contribution in [1.29, 1.82) is 0 Å². The second-order valence-corrected chi connectivity index (χ2v) is 4.94. The van der Waals surface area contributed by atoms with Gasteiger partial charge in [0.05, 0.1) is 17.3 Å². The van der Waals surface area contributed by atoms with Crippen LogP contribution in [0.25, 0.3) is 0 Å². The molecule has 0 bridgehead atoms. The normalized spacial score (nSPS) is 13.4. The van der Waals surface area contributed by atoms with Gasteiger partial charge < -0.3 is 10.4 Å². The van der Waals surface area contributed by atoms with Crippen LogP contribution in [0, 0.1) is 5.92 Å². The molecule has 0 saturated heterocycles. The lowest BCUT2D eigenvalue weighted by Crippen LogP contribution is -2.36. The van der Waals surface area contributed by atoms with Crippen molar-refractivity contribution in [2.45, 2.75) is 39.8 Å². The fourth-order valence-electron chi connectivity index (χ4n) is 1.34. The van der Waals surface area contributed by atoms with Crippen molar-refractivity contribution in [2.75, 3.05) is 6.61 Å². The molecule has 0 aromatic carbocycles. The summed E-state index contributed by atoms with van der Waals surface area (Å²) in [6.07, 6.45) is 0.998. The molecule has 1 aromatic rings. The Kier molecular flexibility index (Phi) is 5.22. The van der Waals surface area contributed by atoms with Gasteiger partial charge >= 0.3 is 0 Å². The second-order valence-electron chi connectivity index (χ2n) is 4.00. The Hall–Kier alpha value is -0.450. The van der Waals surface area contributed by atoms with Crippen LogP contribution < -0.4 is 5.32 Å². The van der Waals surface area contributed by atoms with Crippen LogP contribution in [0.2, 0.25) is 0 Å². The Morgan fingerprint density at radius 3 is 2.73 bits per heavy atom.